The van der Waals surface area contributed by atoms with E-state index in [9.17, 15) is 9.18 Å². The second-order valence-electron chi connectivity index (χ2n) is 4.14. The number of hydrogen-bond donors (Lipinski definition) is 2. The van der Waals surface area contributed by atoms with Crippen LogP contribution in [0.3, 0.4) is 0 Å². The summed E-state index contributed by atoms with van der Waals surface area (Å²) < 4.78 is 19.2. The molecule has 18 heavy (non-hydrogen) atoms. The Hall–Kier alpha value is -1.66. The highest BCUT2D eigenvalue weighted by molar-refractivity contribution is 5.84. The maximum atomic E-state index is 14.0. The van der Waals surface area contributed by atoms with Gasteiger partial charge in [0.05, 0.1) is 18.9 Å². The van der Waals surface area contributed by atoms with E-state index in [2.05, 4.69) is 0 Å². The van der Waals surface area contributed by atoms with Gasteiger partial charge in [0.1, 0.15) is 11.9 Å². The van der Waals surface area contributed by atoms with Gasteiger partial charge in [0, 0.05) is 13.1 Å². The second-order valence-corrected chi connectivity index (χ2v) is 4.14. The van der Waals surface area contributed by atoms with Crippen molar-refractivity contribution in [1.82, 2.24) is 0 Å². The van der Waals surface area contributed by atoms with E-state index in [1.54, 1.807) is 17.0 Å². The average molecular weight is 253 g/mol. The van der Waals surface area contributed by atoms with E-state index < -0.39 is 17.8 Å². The Morgan fingerprint density at radius 2 is 2.33 bits per heavy atom. The first-order valence-electron chi connectivity index (χ1n) is 5.76. The van der Waals surface area contributed by atoms with Gasteiger partial charge in [-0.15, -0.1) is 0 Å². The standard InChI is InChI=1S/C12H16FN3O2/c13-9-3-1-2-8(6-14)11(9)16-4-5-18-7-10(16)12(15)17/h1-3,10H,4-7,14H2,(H2,15,17). The lowest BCUT2D eigenvalue weighted by Crippen LogP contribution is -2.53. The summed E-state index contributed by atoms with van der Waals surface area (Å²) >= 11 is 0. The van der Waals surface area contributed by atoms with E-state index in [0.29, 0.717) is 24.4 Å². The Morgan fingerprint density at radius 1 is 1.56 bits per heavy atom. The van der Waals surface area contributed by atoms with Gasteiger partial charge in [0.15, 0.2) is 0 Å². The van der Waals surface area contributed by atoms with Gasteiger partial charge in [0.2, 0.25) is 5.91 Å². The van der Waals surface area contributed by atoms with Gasteiger partial charge in [-0.3, -0.25) is 4.79 Å². The van der Waals surface area contributed by atoms with Crippen molar-refractivity contribution in [3.05, 3.63) is 29.6 Å². The van der Waals surface area contributed by atoms with Crippen LogP contribution in [0, 0.1) is 5.82 Å². The molecule has 1 amide bonds. The number of anilines is 1. The SMILES string of the molecule is NCc1cccc(F)c1N1CCOCC1C(N)=O. The van der Waals surface area contributed by atoms with E-state index in [-0.39, 0.29) is 13.2 Å². The van der Waals surface area contributed by atoms with Crippen LogP contribution in [0.1, 0.15) is 5.56 Å². The van der Waals surface area contributed by atoms with Gasteiger partial charge in [-0.2, -0.15) is 0 Å². The number of hydrogen-bond acceptors (Lipinski definition) is 4. The smallest absolute Gasteiger partial charge is 0.242 e. The number of rotatable bonds is 3. The Kier molecular flexibility index (Phi) is 3.78. The molecule has 2 rings (SSSR count). The molecule has 1 aliphatic rings. The van der Waals surface area contributed by atoms with E-state index in [4.69, 9.17) is 16.2 Å². The van der Waals surface area contributed by atoms with Crippen molar-refractivity contribution in [1.29, 1.82) is 0 Å². The number of carbonyl (C=O) groups is 1. The van der Waals surface area contributed by atoms with Crippen LogP contribution in [0.4, 0.5) is 10.1 Å². The van der Waals surface area contributed by atoms with E-state index in [1.165, 1.54) is 6.07 Å². The fourth-order valence-electron chi connectivity index (χ4n) is 2.15. The normalized spacial score (nSPS) is 19.9. The van der Waals surface area contributed by atoms with Crippen molar-refractivity contribution in [2.45, 2.75) is 12.6 Å². The highest BCUT2D eigenvalue weighted by Crippen LogP contribution is 2.27. The van der Waals surface area contributed by atoms with E-state index in [0.717, 1.165) is 0 Å². The number of amides is 1. The lowest BCUT2D eigenvalue weighted by molar-refractivity contribution is -0.121. The molecule has 0 spiro atoms. The van der Waals surface area contributed by atoms with Crippen molar-refractivity contribution in [2.75, 3.05) is 24.7 Å². The first kappa shape index (κ1) is 12.8. The van der Waals surface area contributed by atoms with Crippen molar-refractivity contribution in [3.8, 4) is 0 Å². The minimum absolute atomic E-state index is 0.174. The zero-order chi connectivity index (χ0) is 13.1. The zero-order valence-corrected chi connectivity index (χ0v) is 9.93. The molecule has 1 aromatic rings. The second kappa shape index (κ2) is 5.32. The minimum atomic E-state index is -0.652. The monoisotopic (exact) mass is 253 g/mol. The molecule has 98 valence electrons. The van der Waals surface area contributed by atoms with Gasteiger partial charge in [0.25, 0.3) is 0 Å². The molecule has 0 bridgehead atoms. The first-order chi connectivity index (χ1) is 8.65. The summed E-state index contributed by atoms with van der Waals surface area (Å²) in [4.78, 5) is 13.0. The van der Waals surface area contributed by atoms with Crippen LogP contribution in [-0.2, 0) is 16.1 Å². The van der Waals surface area contributed by atoms with Crippen LogP contribution < -0.4 is 16.4 Å². The summed E-state index contributed by atoms with van der Waals surface area (Å²) in [6.45, 7) is 1.23. The molecule has 0 radical (unpaired) electrons. The van der Waals surface area contributed by atoms with Crippen molar-refractivity contribution < 1.29 is 13.9 Å². The molecule has 0 aromatic heterocycles. The lowest BCUT2D eigenvalue weighted by atomic mass is 10.1. The molecule has 1 fully saturated rings. The summed E-state index contributed by atoms with van der Waals surface area (Å²) in [5, 5.41) is 0. The van der Waals surface area contributed by atoms with Crippen molar-refractivity contribution in [3.63, 3.8) is 0 Å². The Balaban J connectivity index is 2.42. The molecule has 1 unspecified atom stereocenters. The van der Waals surface area contributed by atoms with Gasteiger partial charge in [-0.1, -0.05) is 12.1 Å². The number of para-hydroxylation sites is 1. The third-order valence-corrected chi connectivity index (χ3v) is 3.03. The van der Waals surface area contributed by atoms with Crippen molar-refractivity contribution in [2.24, 2.45) is 11.5 Å². The summed E-state index contributed by atoms with van der Waals surface area (Å²) in [5.74, 6) is -0.924. The van der Waals surface area contributed by atoms with Crippen LogP contribution in [0.15, 0.2) is 18.2 Å². The predicted octanol–water partition coefficient (Wildman–Crippen LogP) is -0.0251. The maximum Gasteiger partial charge on any atom is 0.242 e. The summed E-state index contributed by atoms with van der Waals surface area (Å²) in [5.41, 5.74) is 11.9. The van der Waals surface area contributed by atoms with E-state index >= 15 is 0 Å². The molecular weight excluding hydrogens is 237 g/mol. The number of benzene rings is 1. The first-order valence-corrected chi connectivity index (χ1v) is 5.76. The summed E-state index contributed by atoms with van der Waals surface area (Å²) in [7, 11) is 0. The quantitative estimate of drug-likeness (QED) is 0.793. The van der Waals surface area contributed by atoms with Gasteiger partial charge in [-0.25, -0.2) is 4.39 Å². The van der Waals surface area contributed by atoms with Gasteiger partial charge >= 0.3 is 0 Å². The molecular formula is C12H16FN3O2. The number of carbonyl (C=O) groups excluding carboxylic acids is 1. The third-order valence-electron chi connectivity index (χ3n) is 3.03. The van der Waals surface area contributed by atoms with Crippen LogP contribution in [-0.4, -0.2) is 31.7 Å². The highest BCUT2D eigenvalue weighted by Gasteiger charge is 2.30. The summed E-state index contributed by atoms with van der Waals surface area (Å²) in [6.07, 6.45) is 0. The van der Waals surface area contributed by atoms with Crippen LogP contribution in [0.2, 0.25) is 0 Å². The van der Waals surface area contributed by atoms with Gasteiger partial charge < -0.3 is 21.1 Å². The minimum Gasteiger partial charge on any atom is -0.377 e. The molecule has 5 nitrogen and oxygen atoms in total. The molecule has 4 N–H and O–H groups in total. The molecule has 1 aliphatic heterocycles. The number of nitrogens with zero attached hydrogens (tertiary/aromatic N) is 1. The number of nitrogens with two attached hydrogens (primary N) is 2. The fraction of sp³-hybridized carbons (Fsp3) is 0.417. The van der Waals surface area contributed by atoms with Crippen LogP contribution >= 0.6 is 0 Å². The average Bonchev–Trinajstić information content (AvgIpc) is 2.38. The maximum absolute atomic E-state index is 14.0. The summed E-state index contributed by atoms with van der Waals surface area (Å²) in [6, 6.07) is 4.04. The number of primary amides is 1. The number of morpholine rings is 1. The topological polar surface area (TPSA) is 81.6 Å². The molecule has 0 saturated carbocycles. The van der Waals surface area contributed by atoms with Gasteiger partial charge in [-0.05, 0) is 11.6 Å². The molecule has 1 heterocycles. The third kappa shape index (κ3) is 2.30. The molecule has 1 atom stereocenters. The lowest BCUT2D eigenvalue weighted by Gasteiger charge is -2.36. The molecule has 0 aliphatic carbocycles. The number of halogens is 1. The van der Waals surface area contributed by atoms with E-state index in [1.807, 2.05) is 0 Å². The number of ether oxygens (including phenoxy) is 1. The molecule has 1 saturated heterocycles. The highest BCUT2D eigenvalue weighted by atomic mass is 19.1. The largest absolute Gasteiger partial charge is 0.377 e. The molecule has 1 aromatic carbocycles. The fourth-order valence-corrected chi connectivity index (χ4v) is 2.15. The molecule has 6 heteroatoms. The van der Waals surface area contributed by atoms with Crippen LogP contribution in [0.25, 0.3) is 0 Å². The van der Waals surface area contributed by atoms with Crippen LogP contribution in [0.5, 0.6) is 0 Å². The Labute approximate surface area is 104 Å². The zero-order valence-electron chi connectivity index (χ0n) is 9.93. The van der Waals surface area contributed by atoms with Crippen molar-refractivity contribution >= 4 is 11.6 Å². The Bertz CT molecular complexity index is 453. The predicted molar refractivity (Wildman–Crippen MR) is 65.4 cm³/mol. The Morgan fingerprint density at radius 3 is 3.00 bits per heavy atom.